The molecule has 1 unspecified atom stereocenters. The molecule has 0 heterocycles. The molecule has 11 nitrogen and oxygen atoms in total. The number of halogens is 1. The third-order valence-corrected chi connectivity index (χ3v) is 8.46. The maximum absolute atomic E-state index is 13.7. The smallest absolute Gasteiger partial charge is 0.272 e. The van der Waals surface area contributed by atoms with E-state index in [4.69, 9.17) is 35.3 Å². The van der Waals surface area contributed by atoms with Crippen LogP contribution in [0, 0.1) is 0 Å². The van der Waals surface area contributed by atoms with Crippen molar-refractivity contribution >= 4 is 58.5 Å². The van der Waals surface area contributed by atoms with E-state index in [1.807, 2.05) is 6.07 Å². The molecule has 0 aromatic heterocycles. The van der Waals surface area contributed by atoms with E-state index in [0.29, 0.717) is 61.2 Å². The van der Waals surface area contributed by atoms with Crippen molar-refractivity contribution in [3.05, 3.63) is 101 Å². The second-order valence-corrected chi connectivity index (χ2v) is 12.1. The number of nitrogens with one attached hydrogen (secondary N) is 3. The quantitative estimate of drug-likeness (QED) is 0.0945. The molecule has 0 saturated carbocycles. The fourth-order valence-corrected chi connectivity index (χ4v) is 5.73. The van der Waals surface area contributed by atoms with Gasteiger partial charge in [-0.3, -0.25) is 14.4 Å². The van der Waals surface area contributed by atoms with Crippen LogP contribution in [0.25, 0.3) is 6.08 Å². The van der Waals surface area contributed by atoms with Gasteiger partial charge in [0.1, 0.15) is 22.9 Å². The second kappa shape index (κ2) is 17.2. The minimum absolute atomic E-state index is 0.0581. The summed E-state index contributed by atoms with van der Waals surface area (Å²) in [5.74, 6) is 0.649. The van der Waals surface area contributed by atoms with Gasteiger partial charge in [-0.1, -0.05) is 35.9 Å². The van der Waals surface area contributed by atoms with Crippen LogP contribution in [0.5, 0.6) is 28.7 Å². The molecule has 256 valence electrons. The summed E-state index contributed by atoms with van der Waals surface area (Å²) in [6.45, 7) is 1.75. The van der Waals surface area contributed by atoms with Crippen molar-refractivity contribution in [1.82, 2.24) is 5.32 Å². The van der Waals surface area contributed by atoms with E-state index >= 15 is 0 Å². The van der Waals surface area contributed by atoms with Gasteiger partial charge in [0, 0.05) is 33.8 Å². The molecule has 4 aromatic carbocycles. The van der Waals surface area contributed by atoms with Gasteiger partial charge in [0.2, 0.25) is 5.91 Å². The first-order chi connectivity index (χ1) is 23.6. The molecule has 0 radical (unpaired) electrons. The van der Waals surface area contributed by atoms with Gasteiger partial charge < -0.3 is 39.6 Å². The normalized spacial score (nSPS) is 11.5. The Balaban J connectivity index is 1.57. The van der Waals surface area contributed by atoms with Gasteiger partial charge >= 0.3 is 0 Å². The standard InChI is InChI=1S/C36H36ClN3O8S/c1-21(34(41)39-27-18-26(37)30(45-3)20-31(27)46-4)49-25-14-10-13-24(17-25)38-36(43)28(40-35(42)22-11-8-7-9-12-22)15-23-16-32(47-5)33(48-6)19-29(23)44-2/h7-21H,1-6H3,(H,38,43)(H,39,41)(H,40,42)/b28-15+. The number of thioether (sulfide) groups is 1. The van der Waals surface area contributed by atoms with Crippen LogP contribution in [0.4, 0.5) is 11.4 Å². The highest BCUT2D eigenvalue weighted by Gasteiger charge is 2.20. The number of carbonyl (C=O) groups excluding carboxylic acids is 3. The second-order valence-electron chi connectivity index (χ2n) is 10.2. The maximum Gasteiger partial charge on any atom is 0.272 e. The lowest BCUT2D eigenvalue weighted by Gasteiger charge is -2.16. The molecule has 4 aromatic rings. The van der Waals surface area contributed by atoms with Gasteiger partial charge in [0.05, 0.1) is 51.5 Å². The molecule has 0 spiro atoms. The van der Waals surface area contributed by atoms with Gasteiger partial charge in [-0.15, -0.1) is 11.8 Å². The van der Waals surface area contributed by atoms with Crippen LogP contribution in [0.1, 0.15) is 22.8 Å². The van der Waals surface area contributed by atoms with E-state index in [2.05, 4.69) is 16.0 Å². The summed E-state index contributed by atoms with van der Waals surface area (Å²) >= 11 is 7.54. The van der Waals surface area contributed by atoms with Crippen LogP contribution in [0.15, 0.2) is 89.5 Å². The number of benzene rings is 4. The first-order valence-electron chi connectivity index (χ1n) is 14.8. The number of carbonyl (C=O) groups is 3. The van der Waals surface area contributed by atoms with Crippen molar-refractivity contribution in [2.75, 3.05) is 46.2 Å². The summed E-state index contributed by atoms with van der Waals surface area (Å²) in [6, 6.07) is 21.9. The number of rotatable bonds is 14. The molecule has 3 amide bonds. The predicted molar refractivity (Wildman–Crippen MR) is 192 cm³/mol. The summed E-state index contributed by atoms with van der Waals surface area (Å²) in [5, 5.41) is 8.19. The number of amides is 3. The Morgan fingerprint density at radius 3 is 2.00 bits per heavy atom. The number of hydrogen-bond acceptors (Lipinski definition) is 9. The number of methoxy groups -OCH3 is 5. The molecular formula is C36H36ClN3O8S. The van der Waals surface area contributed by atoms with E-state index in [9.17, 15) is 14.4 Å². The van der Waals surface area contributed by atoms with Crippen molar-refractivity contribution in [2.24, 2.45) is 0 Å². The Labute approximate surface area is 293 Å². The molecular weight excluding hydrogens is 670 g/mol. The van der Waals surface area contributed by atoms with E-state index in [0.717, 1.165) is 0 Å². The molecule has 13 heteroatoms. The summed E-state index contributed by atoms with van der Waals surface area (Å²) in [4.78, 5) is 40.8. The molecule has 49 heavy (non-hydrogen) atoms. The maximum atomic E-state index is 13.7. The number of hydrogen-bond donors (Lipinski definition) is 3. The third-order valence-electron chi connectivity index (χ3n) is 7.07. The van der Waals surface area contributed by atoms with Gasteiger partial charge in [-0.05, 0) is 55.5 Å². The van der Waals surface area contributed by atoms with Crippen molar-refractivity contribution < 1.29 is 38.1 Å². The Morgan fingerprint density at radius 1 is 0.714 bits per heavy atom. The number of ether oxygens (including phenoxy) is 5. The van der Waals surface area contributed by atoms with Crippen LogP contribution in [0.2, 0.25) is 5.02 Å². The Morgan fingerprint density at radius 2 is 1.35 bits per heavy atom. The average Bonchev–Trinajstić information content (AvgIpc) is 3.11. The van der Waals surface area contributed by atoms with E-state index in [1.54, 1.807) is 79.7 Å². The molecule has 0 aliphatic carbocycles. The molecule has 0 saturated heterocycles. The third kappa shape index (κ3) is 9.40. The highest BCUT2D eigenvalue weighted by atomic mass is 35.5. The predicted octanol–water partition coefficient (Wildman–Crippen LogP) is 6.91. The first-order valence-corrected chi connectivity index (χ1v) is 16.0. The van der Waals surface area contributed by atoms with Crippen LogP contribution in [-0.4, -0.2) is 58.5 Å². The fraction of sp³-hybridized carbons (Fsp3) is 0.194. The molecule has 0 aliphatic heterocycles. The highest BCUT2D eigenvalue weighted by molar-refractivity contribution is 8.00. The Hall–Kier alpha value is -5.33. The topological polar surface area (TPSA) is 133 Å². The van der Waals surface area contributed by atoms with Crippen LogP contribution < -0.4 is 39.6 Å². The molecule has 1 atom stereocenters. The lowest BCUT2D eigenvalue weighted by molar-refractivity contribution is -0.115. The van der Waals surface area contributed by atoms with Crippen molar-refractivity contribution in [3.8, 4) is 28.7 Å². The van der Waals surface area contributed by atoms with Crippen LogP contribution >= 0.6 is 23.4 Å². The summed E-state index contributed by atoms with van der Waals surface area (Å²) in [6.07, 6.45) is 1.49. The lowest BCUT2D eigenvalue weighted by atomic mass is 10.1. The minimum Gasteiger partial charge on any atom is -0.496 e. The zero-order chi connectivity index (χ0) is 35.5. The number of anilines is 2. The summed E-state index contributed by atoms with van der Waals surface area (Å²) < 4.78 is 27.0. The van der Waals surface area contributed by atoms with E-state index in [-0.39, 0.29) is 11.6 Å². The van der Waals surface area contributed by atoms with Gasteiger partial charge in [-0.25, -0.2) is 0 Å². The fourth-order valence-electron chi connectivity index (χ4n) is 4.56. The Bertz CT molecular complexity index is 1850. The largest absolute Gasteiger partial charge is 0.496 e. The molecule has 0 aliphatic rings. The van der Waals surface area contributed by atoms with E-state index in [1.165, 1.54) is 53.4 Å². The van der Waals surface area contributed by atoms with Crippen molar-refractivity contribution in [1.29, 1.82) is 0 Å². The van der Waals surface area contributed by atoms with Crippen LogP contribution in [-0.2, 0) is 9.59 Å². The van der Waals surface area contributed by atoms with Gasteiger partial charge in [-0.2, -0.15) is 0 Å². The van der Waals surface area contributed by atoms with Gasteiger partial charge in [0.15, 0.2) is 11.5 Å². The first kappa shape index (κ1) is 36.5. The lowest BCUT2D eigenvalue weighted by Crippen LogP contribution is -2.30. The highest BCUT2D eigenvalue weighted by Crippen LogP contribution is 2.37. The molecule has 0 fully saturated rings. The zero-order valence-corrected chi connectivity index (χ0v) is 29.3. The van der Waals surface area contributed by atoms with Crippen molar-refractivity contribution in [3.63, 3.8) is 0 Å². The van der Waals surface area contributed by atoms with E-state index < -0.39 is 17.1 Å². The molecule has 0 bridgehead atoms. The average molecular weight is 706 g/mol. The molecule has 4 rings (SSSR count). The minimum atomic E-state index is -0.599. The summed E-state index contributed by atoms with van der Waals surface area (Å²) in [7, 11) is 7.44. The molecule has 3 N–H and O–H groups in total. The summed E-state index contributed by atoms with van der Waals surface area (Å²) in [5.41, 5.74) is 1.59. The van der Waals surface area contributed by atoms with Gasteiger partial charge in [0.25, 0.3) is 11.8 Å². The van der Waals surface area contributed by atoms with Crippen LogP contribution in [0.3, 0.4) is 0 Å². The van der Waals surface area contributed by atoms with Crippen molar-refractivity contribution in [2.45, 2.75) is 17.1 Å². The zero-order valence-electron chi connectivity index (χ0n) is 27.7. The Kier molecular flexibility index (Phi) is 12.8. The SMILES string of the molecule is COc1cc(OC)c(NC(=O)C(C)Sc2cccc(NC(=O)/C(=C\c3cc(OC)c(OC)cc3OC)NC(=O)c3ccccc3)c2)cc1Cl. The monoisotopic (exact) mass is 705 g/mol.